The van der Waals surface area contributed by atoms with Crippen molar-refractivity contribution < 1.29 is 4.57 Å². The SMILES string of the molecule is CCCCCCCCCCCCCCC[n+]1cccc(CCCCCCCCC)c1. The Kier molecular flexibility index (Phi) is 19.4. The van der Waals surface area contributed by atoms with Crippen LogP contribution in [0.4, 0.5) is 0 Å². The van der Waals surface area contributed by atoms with Crippen molar-refractivity contribution in [3.05, 3.63) is 30.1 Å². The van der Waals surface area contributed by atoms with Crippen LogP contribution in [0.3, 0.4) is 0 Å². The summed E-state index contributed by atoms with van der Waals surface area (Å²) in [5.74, 6) is 0. The Morgan fingerprint density at radius 3 is 1.47 bits per heavy atom. The molecule has 1 aromatic rings. The summed E-state index contributed by atoms with van der Waals surface area (Å²) in [4.78, 5) is 0. The maximum atomic E-state index is 2.43. The van der Waals surface area contributed by atoms with Crippen molar-refractivity contribution in [1.82, 2.24) is 0 Å². The number of hydrogen-bond acceptors (Lipinski definition) is 0. The Bertz CT molecular complexity index is 467. The predicted molar refractivity (Wildman–Crippen MR) is 134 cm³/mol. The molecule has 0 bridgehead atoms. The van der Waals surface area contributed by atoms with Gasteiger partial charge in [-0.05, 0) is 25.3 Å². The van der Waals surface area contributed by atoms with Crippen LogP contribution in [0.5, 0.6) is 0 Å². The number of hydrogen-bond donors (Lipinski definition) is 0. The van der Waals surface area contributed by atoms with E-state index in [2.05, 4.69) is 42.9 Å². The van der Waals surface area contributed by atoms with Crippen LogP contribution in [-0.2, 0) is 13.0 Å². The molecule has 0 N–H and O–H groups in total. The first-order valence-corrected chi connectivity index (χ1v) is 13.8. The summed E-state index contributed by atoms with van der Waals surface area (Å²) in [6, 6.07) is 4.57. The van der Waals surface area contributed by atoms with Crippen molar-refractivity contribution in [2.24, 2.45) is 0 Å². The minimum absolute atomic E-state index is 1.20. The zero-order valence-corrected chi connectivity index (χ0v) is 20.8. The van der Waals surface area contributed by atoms with Gasteiger partial charge >= 0.3 is 0 Å². The van der Waals surface area contributed by atoms with Crippen LogP contribution in [0.1, 0.15) is 148 Å². The van der Waals surface area contributed by atoms with Gasteiger partial charge in [0, 0.05) is 18.1 Å². The van der Waals surface area contributed by atoms with Crippen molar-refractivity contribution in [3.8, 4) is 0 Å². The van der Waals surface area contributed by atoms with Gasteiger partial charge in [-0.25, -0.2) is 4.57 Å². The molecule has 0 aliphatic rings. The first-order chi connectivity index (χ1) is 14.9. The van der Waals surface area contributed by atoms with Gasteiger partial charge in [-0.15, -0.1) is 0 Å². The molecule has 1 nitrogen and oxygen atoms in total. The van der Waals surface area contributed by atoms with E-state index in [9.17, 15) is 0 Å². The van der Waals surface area contributed by atoms with Crippen molar-refractivity contribution in [2.45, 2.75) is 155 Å². The fourth-order valence-electron chi connectivity index (χ4n) is 4.46. The molecule has 0 saturated heterocycles. The normalized spacial score (nSPS) is 11.3. The van der Waals surface area contributed by atoms with E-state index in [1.165, 1.54) is 147 Å². The maximum Gasteiger partial charge on any atom is 0.171 e. The molecular weight excluding hydrogens is 362 g/mol. The van der Waals surface area contributed by atoms with Gasteiger partial charge in [-0.2, -0.15) is 0 Å². The molecular formula is C29H54N+. The molecule has 0 spiro atoms. The van der Waals surface area contributed by atoms with Gasteiger partial charge in [-0.1, -0.05) is 123 Å². The minimum Gasteiger partial charge on any atom is -0.205 e. The number of aromatic nitrogens is 1. The average Bonchev–Trinajstić information content (AvgIpc) is 2.76. The summed E-state index contributed by atoms with van der Waals surface area (Å²) < 4.78 is 2.43. The van der Waals surface area contributed by atoms with E-state index in [-0.39, 0.29) is 0 Å². The Morgan fingerprint density at radius 1 is 0.533 bits per heavy atom. The molecule has 30 heavy (non-hydrogen) atoms. The van der Waals surface area contributed by atoms with E-state index >= 15 is 0 Å². The lowest BCUT2D eigenvalue weighted by Crippen LogP contribution is -2.33. The lowest BCUT2D eigenvalue weighted by Gasteiger charge is -2.04. The van der Waals surface area contributed by atoms with Crippen LogP contribution in [-0.4, -0.2) is 0 Å². The number of nitrogens with zero attached hydrogens (tertiary/aromatic N) is 1. The Labute approximate surface area is 190 Å². The number of aryl methyl sites for hydroxylation is 2. The molecule has 0 atom stereocenters. The van der Waals surface area contributed by atoms with E-state index in [4.69, 9.17) is 0 Å². The predicted octanol–water partition coefficient (Wildman–Crippen LogP) is 9.36. The molecule has 1 aromatic heterocycles. The standard InChI is InChI=1S/C29H54N/c1-3-5-7-9-11-12-13-14-15-16-18-20-22-26-30-27-23-25-29(28-30)24-21-19-17-10-8-6-4-2/h23,25,27-28H,3-22,24,26H2,1-2H3/q+1. The van der Waals surface area contributed by atoms with Gasteiger partial charge in [0.05, 0.1) is 0 Å². The molecule has 1 heteroatoms. The molecule has 0 aromatic carbocycles. The zero-order valence-electron chi connectivity index (χ0n) is 20.8. The third-order valence-corrected chi connectivity index (χ3v) is 6.51. The maximum absolute atomic E-state index is 2.43. The fraction of sp³-hybridized carbons (Fsp3) is 0.828. The van der Waals surface area contributed by atoms with Gasteiger partial charge in [0.25, 0.3) is 0 Å². The van der Waals surface area contributed by atoms with E-state index in [0.717, 1.165) is 0 Å². The highest BCUT2D eigenvalue weighted by Gasteiger charge is 2.03. The highest BCUT2D eigenvalue weighted by Crippen LogP contribution is 2.13. The molecule has 0 aliphatic heterocycles. The van der Waals surface area contributed by atoms with Crippen LogP contribution < -0.4 is 4.57 Å². The summed E-state index contributed by atoms with van der Waals surface area (Å²) in [6.45, 7) is 5.79. The van der Waals surface area contributed by atoms with E-state index in [1.807, 2.05) is 0 Å². The van der Waals surface area contributed by atoms with Crippen LogP contribution in [0.15, 0.2) is 24.5 Å². The van der Waals surface area contributed by atoms with Gasteiger partial charge in [0.1, 0.15) is 6.54 Å². The van der Waals surface area contributed by atoms with Crippen LogP contribution in [0.25, 0.3) is 0 Å². The largest absolute Gasteiger partial charge is 0.205 e. The molecule has 0 radical (unpaired) electrons. The molecule has 174 valence electrons. The zero-order chi connectivity index (χ0) is 21.5. The quantitative estimate of drug-likeness (QED) is 0.131. The van der Waals surface area contributed by atoms with E-state index < -0.39 is 0 Å². The first-order valence-electron chi connectivity index (χ1n) is 13.8. The number of unbranched alkanes of at least 4 members (excludes halogenated alkanes) is 18. The van der Waals surface area contributed by atoms with Crippen molar-refractivity contribution in [1.29, 1.82) is 0 Å². The highest BCUT2D eigenvalue weighted by atomic mass is 14.9. The Balaban J connectivity index is 1.94. The van der Waals surface area contributed by atoms with Gasteiger partial charge in [-0.3, -0.25) is 0 Å². The molecule has 0 aliphatic carbocycles. The smallest absolute Gasteiger partial charge is 0.171 e. The monoisotopic (exact) mass is 416 g/mol. The Morgan fingerprint density at radius 2 is 0.967 bits per heavy atom. The summed E-state index contributed by atoms with van der Waals surface area (Å²) in [5.41, 5.74) is 1.53. The second kappa shape index (κ2) is 21.4. The van der Waals surface area contributed by atoms with Crippen LogP contribution in [0, 0.1) is 0 Å². The summed E-state index contributed by atoms with van der Waals surface area (Å²) >= 11 is 0. The Hall–Kier alpha value is -0.850. The lowest BCUT2D eigenvalue weighted by molar-refractivity contribution is -0.697. The highest BCUT2D eigenvalue weighted by molar-refractivity contribution is 5.05. The number of pyridine rings is 1. The third-order valence-electron chi connectivity index (χ3n) is 6.51. The number of rotatable bonds is 22. The molecule has 0 amide bonds. The summed E-state index contributed by atoms with van der Waals surface area (Å²) in [7, 11) is 0. The van der Waals surface area contributed by atoms with Crippen molar-refractivity contribution in [3.63, 3.8) is 0 Å². The van der Waals surface area contributed by atoms with E-state index in [1.54, 1.807) is 0 Å². The fourth-order valence-corrected chi connectivity index (χ4v) is 4.46. The second-order valence-electron chi connectivity index (χ2n) is 9.56. The van der Waals surface area contributed by atoms with Crippen molar-refractivity contribution in [2.75, 3.05) is 0 Å². The van der Waals surface area contributed by atoms with Gasteiger partial charge in [0.15, 0.2) is 12.4 Å². The molecule has 0 saturated carbocycles. The topological polar surface area (TPSA) is 3.88 Å². The summed E-state index contributed by atoms with van der Waals surface area (Å²) in [5, 5.41) is 0. The third kappa shape index (κ3) is 16.9. The van der Waals surface area contributed by atoms with E-state index in [0.29, 0.717) is 0 Å². The first kappa shape index (κ1) is 27.2. The molecule has 0 fully saturated rings. The van der Waals surface area contributed by atoms with Gasteiger partial charge < -0.3 is 0 Å². The second-order valence-corrected chi connectivity index (χ2v) is 9.56. The van der Waals surface area contributed by atoms with Gasteiger partial charge in [0.2, 0.25) is 0 Å². The summed E-state index contributed by atoms with van der Waals surface area (Å²) in [6.07, 6.45) is 34.4. The molecule has 1 rings (SSSR count). The van der Waals surface area contributed by atoms with Crippen molar-refractivity contribution >= 4 is 0 Å². The average molecular weight is 417 g/mol. The minimum atomic E-state index is 1.20. The molecule has 0 unspecified atom stereocenters. The van der Waals surface area contributed by atoms with Crippen LogP contribution >= 0.6 is 0 Å². The van der Waals surface area contributed by atoms with Crippen LogP contribution in [0.2, 0.25) is 0 Å². The molecule has 1 heterocycles. The lowest BCUT2D eigenvalue weighted by atomic mass is 10.0.